The van der Waals surface area contributed by atoms with E-state index in [4.69, 9.17) is 5.26 Å². The normalized spacial score (nSPS) is 18.9. The van der Waals surface area contributed by atoms with Crippen molar-refractivity contribution in [3.05, 3.63) is 35.2 Å². The number of hydrogen-bond acceptors (Lipinski definition) is 6. The molecule has 2 aliphatic rings. The summed E-state index contributed by atoms with van der Waals surface area (Å²) >= 11 is 0. The van der Waals surface area contributed by atoms with E-state index in [2.05, 4.69) is 32.4 Å². The minimum absolute atomic E-state index is 0. The molecule has 7 nitrogen and oxygen atoms in total. The van der Waals surface area contributed by atoms with Gasteiger partial charge in [0.2, 0.25) is 0 Å². The highest BCUT2D eigenvalue weighted by molar-refractivity contribution is 5.85. The standard InChI is InChI=1S/C19H22F3N7.2ClH/c1-27-7-4-18(13-27)5-8-28(9-6-18)12-17-24-25-26-29(17)15-3-2-14(11-23)16(10-15)19(20,21)22;;/h2-3,10H,4-9,12-13H2,1H3;2*1H. The van der Waals surface area contributed by atoms with Gasteiger partial charge in [0.1, 0.15) is 0 Å². The third-order valence-corrected chi connectivity index (χ3v) is 6.12. The van der Waals surface area contributed by atoms with Crippen LogP contribution in [0.2, 0.25) is 0 Å². The van der Waals surface area contributed by atoms with Crippen LogP contribution in [0.4, 0.5) is 13.2 Å². The minimum atomic E-state index is -4.62. The molecule has 0 bridgehead atoms. The van der Waals surface area contributed by atoms with Crippen molar-refractivity contribution in [1.29, 1.82) is 5.26 Å². The molecule has 0 saturated carbocycles. The van der Waals surface area contributed by atoms with Crippen LogP contribution in [0.15, 0.2) is 18.2 Å². The van der Waals surface area contributed by atoms with Gasteiger partial charge in [0.15, 0.2) is 5.82 Å². The Balaban J connectivity index is 0.00000171. The third-order valence-electron chi connectivity index (χ3n) is 6.12. The predicted molar refractivity (Wildman–Crippen MR) is 112 cm³/mol. The Morgan fingerprint density at radius 1 is 1.13 bits per heavy atom. The van der Waals surface area contributed by atoms with Gasteiger partial charge in [0, 0.05) is 6.54 Å². The van der Waals surface area contributed by atoms with Crippen molar-refractivity contribution in [3.63, 3.8) is 0 Å². The summed E-state index contributed by atoms with van der Waals surface area (Å²) in [6.07, 6.45) is -1.19. The van der Waals surface area contributed by atoms with Crippen LogP contribution in [0.25, 0.3) is 5.69 Å². The summed E-state index contributed by atoms with van der Waals surface area (Å²) in [6, 6.07) is 5.11. The summed E-state index contributed by atoms with van der Waals surface area (Å²) < 4.78 is 41.2. The second-order valence-electron chi connectivity index (χ2n) is 8.11. The molecule has 4 rings (SSSR count). The summed E-state index contributed by atoms with van der Waals surface area (Å²) in [7, 11) is 2.15. The number of hydrogen-bond donors (Lipinski definition) is 0. The number of benzene rings is 1. The first-order valence-corrected chi connectivity index (χ1v) is 9.60. The Labute approximate surface area is 191 Å². The molecule has 2 aromatic rings. The van der Waals surface area contributed by atoms with Crippen LogP contribution in [0, 0.1) is 16.7 Å². The molecule has 2 aliphatic heterocycles. The molecule has 0 radical (unpaired) electrons. The first-order chi connectivity index (χ1) is 13.8. The van der Waals surface area contributed by atoms with E-state index in [1.54, 1.807) is 6.07 Å². The van der Waals surface area contributed by atoms with Crippen molar-refractivity contribution in [2.45, 2.75) is 32.0 Å². The van der Waals surface area contributed by atoms with Gasteiger partial charge in [-0.25, -0.2) is 0 Å². The highest BCUT2D eigenvalue weighted by Crippen LogP contribution is 2.40. The van der Waals surface area contributed by atoms with Gasteiger partial charge in [-0.3, -0.25) is 4.90 Å². The second-order valence-corrected chi connectivity index (χ2v) is 8.11. The van der Waals surface area contributed by atoms with Crippen LogP contribution >= 0.6 is 24.8 Å². The zero-order valence-corrected chi connectivity index (χ0v) is 18.6. The number of piperidine rings is 1. The lowest BCUT2D eigenvalue weighted by atomic mass is 9.78. The summed E-state index contributed by atoms with van der Waals surface area (Å²) in [6.45, 7) is 4.58. The first kappa shape index (κ1) is 25.3. The molecule has 170 valence electrons. The zero-order chi connectivity index (χ0) is 20.6. The van der Waals surface area contributed by atoms with Crippen molar-refractivity contribution in [1.82, 2.24) is 30.0 Å². The highest BCUT2D eigenvalue weighted by Gasteiger charge is 2.39. The van der Waals surface area contributed by atoms with Crippen LogP contribution in [0.5, 0.6) is 0 Å². The van der Waals surface area contributed by atoms with E-state index in [-0.39, 0.29) is 30.5 Å². The number of likely N-dealkylation sites (tertiary alicyclic amines) is 2. The molecule has 0 aliphatic carbocycles. The van der Waals surface area contributed by atoms with E-state index in [0.717, 1.165) is 51.2 Å². The number of alkyl halides is 3. The molecule has 2 fully saturated rings. The van der Waals surface area contributed by atoms with Gasteiger partial charge in [-0.15, -0.1) is 29.9 Å². The van der Waals surface area contributed by atoms with Crippen LogP contribution < -0.4 is 0 Å². The molecule has 1 aromatic heterocycles. The van der Waals surface area contributed by atoms with Crippen LogP contribution in [0.3, 0.4) is 0 Å². The van der Waals surface area contributed by atoms with Crippen molar-refractivity contribution < 1.29 is 13.2 Å². The lowest BCUT2D eigenvalue weighted by Gasteiger charge is -2.39. The van der Waals surface area contributed by atoms with Crippen LogP contribution in [0.1, 0.15) is 36.2 Å². The summed E-state index contributed by atoms with van der Waals surface area (Å²) in [5.74, 6) is 0.488. The maximum Gasteiger partial charge on any atom is 0.417 e. The second kappa shape index (κ2) is 9.69. The van der Waals surface area contributed by atoms with E-state index in [1.165, 1.54) is 17.2 Å². The summed E-state index contributed by atoms with van der Waals surface area (Å²) in [5, 5.41) is 20.5. The fourth-order valence-corrected chi connectivity index (χ4v) is 4.45. The number of halogens is 5. The van der Waals surface area contributed by atoms with Crippen molar-refractivity contribution >= 4 is 24.8 Å². The third kappa shape index (κ3) is 5.29. The predicted octanol–water partition coefficient (Wildman–Crippen LogP) is 3.31. The van der Waals surface area contributed by atoms with E-state index in [0.29, 0.717) is 17.8 Å². The fourth-order valence-electron chi connectivity index (χ4n) is 4.45. The van der Waals surface area contributed by atoms with Crippen molar-refractivity contribution in [2.24, 2.45) is 5.41 Å². The van der Waals surface area contributed by atoms with Gasteiger partial charge < -0.3 is 4.90 Å². The molecule has 0 N–H and O–H groups in total. The molecular weight excluding hydrogens is 454 g/mol. The molecular formula is C19H24Cl2F3N7. The Kier molecular flexibility index (Phi) is 7.92. The smallest absolute Gasteiger partial charge is 0.306 e. The topological polar surface area (TPSA) is 73.9 Å². The van der Waals surface area contributed by atoms with E-state index in [1.807, 2.05) is 0 Å². The van der Waals surface area contributed by atoms with Gasteiger partial charge in [-0.05, 0) is 80.0 Å². The summed E-state index contributed by atoms with van der Waals surface area (Å²) in [4.78, 5) is 4.62. The van der Waals surface area contributed by atoms with Gasteiger partial charge >= 0.3 is 6.18 Å². The van der Waals surface area contributed by atoms with Crippen LogP contribution in [-0.4, -0.2) is 63.2 Å². The number of nitrogens with zero attached hydrogens (tertiary/aromatic N) is 7. The van der Waals surface area contributed by atoms with E-state index < -0.39 is 17.3 Å². The fraction of sp³-hybridized carbons (Fsp3) is 0.579. The summed E-state index contributed by atoms with van der Waals surface area (Å²) in [5.41, 5.74) is -0.809. The Morgan fingerprint density at radius 2 is 1.81 bits per heavy atom. The number of nitriles is 1. The van der Waals surface area contributed by atoms with Crippen LogP contribution in [-0.2, 0) is 12.7 Å². The lowest BCUT2D eigenvalue weighted by molar-refractivity contribution is -0.137. The molecule has 3 heterocycles. The van der Waals surface area contributed by atoms with Gasteiger partial charge in [-0.1, -0.05) is 0 Å². The maximum atomic E-state index is 13.3. The molecule has 31 heavy (non-hydrogen) atoms. The highest BCUT2D eigenvalue weighted by atomic mass is 35.5. The molecule has 2 saturated heterocycles. The largest absolute Gasteiger partial charge is 0.417 e. The Bertz CT molecular complexity index is 933. The first-order valence-electron chi connectivity index (χ1n) is 9.60. The molecule has 0 unspecified atom stereocenters. The van der Waals surface area contributed by atoms with Gasteiger partial charge in [-0.2, -0.15) is 23.1 Å². The SMILES string of the molecule is CN1CCC2(CCN(Cc3nnnn3-c3ccc(C#N)c(C(F)(F)F)c3)CC2)C1.Cl.Cl. The molecule has 1 aromatic carbocycles. The zero-order valence-electron chi connectivity index (χ0n) is 17.0. The van der Waals surface area contributed by atoms with Crippen molar-refractivity contribution in [3.8, 4) is 11.8 Å². The molecule has 0 atom stereocenters. The average molecular weight is 478 g/mol. The quantitative estimate of drug-likeness (QED) is 0.674. The molecule has 1 spiro atoms. The number of aromatic nitrogens is 4. The average Bonchev–Trinajstić information content (AvgIpc) is 3.29. The maximum absolute atomic E-state index is 13.3. The van der Waals surface area contributed by atoms with E-state index in [9.17, 15) is 13.2 Å². The van der Waals surface area contributed by atoms with Gasteiger partial charge in [0.05, 0.1) is 29.4 Å². The Hall–Kier alpha value is -1.93. The number of tetrazole rings is 1. The molecule has 0 amide bonds. The molecule has 12 heteroatoms. The van der Waals surface area contributed by atoms with Crippen molar-refractivity contribution in [2.75, 3.05) is 33.2 Å². The lowest BCUT2D eigenvalue weighted by Crippen LogP contribution is -2.41. The minimum Gasteiger partial charge on any atom is -0.306 e. The number of rotatable bonds is 3. The Morgan fingerprint density at radius 3 is 2.39 bits per heavy atom. The monoisotopic (exact) mass is 477 g/mol. The van der Waals surface area contributed by atoms with E-state index >= 15 is 0 Å². The van der Waals surface area contributed by atoms with Gasteiger partial charge in [0.25, 0.3) is 0 Å².